The maximum Gasteiger partial charge on any atom is 0.345 e. The van der Waals surface area contributed by atoms with Gasteiger partial charge >= 0.3 is 5.97 Å². The Morgan fingerprint density at radius 3 is 2.65 bits per heavy atom. The summed E-state index contributed by atoms with van der Waals surface area (Å²) in [6.07, 6.45) is 2.86. The first-order chi connectivity index (χ1) is 9.29. The van der Waals surface area contributed by atoms with Crippen molar-refractivity contribution >= 4 is 27.3 Å². The largest absolute Gasteiger partial charge is 0.477 e. The highest BCUT2D eigenvalue weighted by Crippen LogP contribution is 2.30. The van der Waals surface area contributed by atoms with Crippen LogP contribution in [0.2, 0.25) is 0 Å². The molecule has 2 N–H and O–H groups in total. The average Bonchev–Trinajstić information content (AvgIpc) is 2.83. The van der Waals surface area contributed by atoms with Gasteiger partial charge in [-0.2, -0.15) is 0 Å². The molecule has 0 aliphatic heterocycles. The van der Waals surface area contributed by atoms with Crippen molar-refractivity contribution in [2.24, 2.45) is 11.8 Å². The second kappa shape index (κ2) is 5.83. The van der Waals surface area contributed by atoms with E-state index in [1.807, 2.05) is 0 Å². The lowest BCUT2D eigenvalue weighted by molar-refractivity contribution is 0.0702. The molecule has 1 heterocycles. The lowest BCUT2D eigenvalue weighted by Crippen LogP contribution is -2.42. The molecule has 5 nitrogen and oxygen atoms in total. The molecule has 1 aliphatic carbocycles. The summed E-state index contributed by atoms with van der Waals surface area (Å²) >= 11 is 0.929. The third kappa shape index (κ3) is 3.39. The number of carbonyl (C=O) groups is 1. The Morgan fingerprint density at radius 1 is 1.40 bits per heavy atom. The van der Waals surface area contributed by atoms with Crippen LogP contribution in [0.25, 0.3) is 0 Å². The second-order valence-electron chi connectivity index (χ2n) is 5.58. The zero-order valence-corrected chi connectivity index (χ0v) is 13.1. The number of sulfonamides is 1. The summed E-state index contributed by atoms with van der Waals surface area (Å²) < 4.78 is 27.3. The first-order valence-electron chi connectivity index (χ1n) is 6.63. The van der Waals surface area contributed by atoms with Crippen LogP contribution in [0.15, 0.2) is 16.3 Å². The maximum absolute atomic E-state index is 12.3. The summed E-state index contributed by atoms with van der Waals surface area (Å²) in [6, 6.07) is 1.15. The Hall–Kier alpha value is -0.920. The third-order valence-electron chi connectivity index (χ3n) is 3.83. The molecule has 1 aliphatic rings. The van der Waals surface area contributed by atoms with Crippen LogP contribution in [0.1, 0.15) is 42.8 Å². The van der Waals surface area contributed by atoms with Gasteiger partial charge < -0.3 is 5.11 Å². The highest BCUT2D eigenvalue weighted by molar-refractivity contribution is 7.89. The molecular weight excluding hydrogens is 298 g/mol. The van der Waals surface area contributed by atoms with Crippen molar-refractivity contribution in [2.75, 3.05) is 0 Å². The van der Waals surface area contributed by atoms with Crippen LogP contribution < -0.4 is 4.72 Å². The van der Waals surface area contributed by atoms with Crippen molar-refractivity contribution in [3.05, 3.63) is 16.3 Å². The Bertz CT molecular complexity index is 593. The fourth-order valence-electron chi connectivity index (χ4n) is 2.68. The summed E-state index contributed by atoms with van der Waals surface area (Å²) in [6.45, 7) is 4.23. The van der Waals surface area contributed by atoms with Gasteiger partial charge in [0.25, 0.3) is 0 Å². The summed E-state index contributed by atoms with van der Waals surface area (Å²) in [7, 11) is -3.63. The minimum absolute atomic E-state index is 0.0377. The molecule has 1 fully saturated rings. The molecule has 1 saturated carbocycles. The molecule has 3 atom stereocenters. The SMILES string of the molecule is CC1CCC(NS(=O)(=O)c2csc(C(=O)O)c2)C(C)C1. The molecule has 0 bridgehead atoms. The van der Waals surface area contributed by atoms with Gasteiger partial charge in [0.05, 0.1) is 4.90 Å². The predicted molar refractivity (Wildman–Crippen MR) is 77.6 cm³/mol. The van der Waals surface area contributed by atoms with E-state index >= 15 is 0 Å². The van der Waals surface area contributed by atoms with Gasteiger partial charge in [-0.25, -0.2) is 17.9 Å². The van der Waals surface area contributed by atoms with Crippen LogP contribution >= 0.6 is 11.3 Å². The van der Waals surface area contributed by atoms with E-state index in [-0.39, 0.29) is 15.8 Å². The summed E-state index contributed by atoms with van der Waals surface area (Å²) in [4.78, 5) is 10.9. The molecule has 0 radical (unpaired) electrons. The molecule has 7 heteroatoms. The van der Waals surface area contributed by atoms with Crippen LogP contribution in [0.4, 0.5) is 0 Å². The van der Waals surface area contributed by atoms with Gasteiger partial charge in [0.15, 0.2) is 0 Å². The number of carboxylic acids is 1. The molecule has 112 valence electrons. The van der Waals surface area contributed by atoms with Gasteiger partial charge in [-0.1, -0.05) is 13.8 Å². The van der Waals surface area contributed by atoms with E-state index in [1.54, 1.807) is 0 Å². The van der Waals surface area contributed by atoms with E-state index < -0.39 is 16.0 Å². The van der Waals surface area contributed by atoms with Gasteiger partial charge in [0, 0.05) is 11.4 Å². The second-order valence-corrected chi connectivity index (χ2v) is 8.20. The molecule has 1 aromatic rings. The van der Waals surface area contributed by atoms with Crippen molar-refractivity contribution in [2.45, 2.75) is 44.0 Å². The average molecular weight is 317 g/mol. The fourth-order valence-corrected chi connectivity index (χ4v) is 5.17. The number of aromatic carboxylic acids is 1. The summed E-state index contributed by atoms with van der Waals surface area (Å²) in [5.41, 5.74) is 0. The molecule has 0 aromatic carbocycles. The minimum atomic E-state index is -3.63. The van der Waals surface area contributed by atoms with Crippen molar-refractivity contribution in [1.82, 2.24) is 4.72 Å². The molecular formula is C13H19NO4S2. The maximum atomic E-state index is 12.3. The van der Waals surface area contributed by atoms with E-state index in [0.717, 1.165) is 30.6 Å². The van der Waals surface area contributed by atoms with Gasteiger partial charge in [0.2, 0.25) is 10.0 Å². The standard InChI is InChI=1S/C13H19NO4S2/c1-8-3-4-11(9(2)5-8)14-20(17,18)10-6-12(13(15)16)19-7-10/h6-9,11,14H,3-5H2,1-2H3,(H,15,16). The van der Waals surface area contributed by atoms with Crippen LogP contribution in [-0.4, -0.2) is 25.5 Å². The van der Waals surface area contributed by atoms with Crippen LogP contribution in [-0.2, 0) is 10.0 Å². The van der Waals surface area contributed by atoms with Gasteiger partial charge in [0.1, 0.15) is 4.88 Å². The lowest BCUT2D eigenvalue weighted by Gasteiger charge is -2.32. The van der Waals surface area contributed by atoms with E-state index in [4.69, 9.17) is 5.11 Å². The van der Waals surface area contributed by atoms with Gasteiger partial charge in [-0.3, -0.25) is 0 Å². The van der Waals surface area contributed by atoms with Gasteiger partial charge in [-0.05, 0) is 37.2 Å². The molecule has 1 aromatic heterocycles. The van der Waals surface area contributed by atoms with Crippen LogP contribution in [0.3, 0.4) is 0 Å². The topological polar surface area (TPSA) is 83.5 Å². The number of thiophene rings is 1. The first-order valence-corrected chi connectivity index (χ1v) is 9.00. The third-order valence-corrected chi connectivity index (χ3v) is 6.37. The van der Waals surface area contributed by atoms with Crippen molar-refractivity contribution in [3.63, 3.8) is 0 Å². The molecule has 2 rings (SSSR count). The van der Waals surface area contributed by atoms with E-state index in [1.165, 1.54) is 11.4 Å². The van der Waals surface area contributed by atoms with Crippen molar-refractivity contribution in [3.8, 4) is 0 Å². The Balaban J connectivity index is 2.12. The molecule has 0 saturated heterocycles. The molecule has 0 spiro atoms. The fraction of sp³-hybridized carbons (Fsp3) is 0.615. The highest BCUT2D eigenvalue weighted by atomic mass is 32.2. The molecule has 3 unspecified atom stereocenters. The monoisotopic (exact) mass is 317 g/mol. The Morgan fingerprint density at radius 2 is 2.10 bits per heavy atom. The van der Waals surface area contributed by atoms with Crippen LogP contribution in [0.5, 0.6) is 0 Å². The van der Waals surface area contributed by atoms with E-state index in [2.05, 4.69) is 18.6 Å². The number of rotatable bonds is 4. The Labute approximate surface area is 123 Å². The van der Waals surface area contributed by atoms with Gasteiger partial charge in [-0.15, -0.1) is 11.3 Å². The Kier molecular flexibility index (Phi) is 4.51. The highest BCUT2D eigenvalue weighted by Gasteiger charge is 2.30. The lowest BCUT2D eigenvalue weighted by atomic mass is 9.80. The van der Waals surface area contributed by atoms with Crippen LogP contribution in [0, 0.1) is 11.8 Å². The summed E-state index contributed by atoms with van der Waals surface area (Å²) in [5, 5.41) is 10.2. The zero-order valence-electron chi connectivity index (χ0n) is 11.5. The quantitative estimate of drug-likeness (QED) is 0.894. The zero-order chi connectivity index (χ0) is 14.9. The van der Waals surface area contributed by atoms with Crippen molar-refractivity contribution < 1.29 is 18.3 Å². The summed E-state index contributed by atoms with van der Waals surface area (Å²) in [5.74, 6) is -0.173. The minimum Gasteiger partial charge on any atom is -0.477 e. The van der Waals surface area contributed by atoms with E-state index in [9.17, 15) is 13.2 Å². The normalized spacial score (nSPS) is 27.4. The number of carboxylic acid groups (broad SMARTS) is 1. The smallest absolute Gasteiger partial charge is 0.345 e. The molecule has 0 amide bonds. The predicted octanol–water partition coefficient (Wildman–Crippen LogP) is 2.55. The molecule has 20 heavy (non-hydrogen) atoms. The first kappa shape index (κ1) is 15.5. The van der Waals surface area contributed by atoms with Crippen molar-refractivity contribution in [1.29, 1.82) is 0 Å². The number of nitrogens with one attached hydrogen (secondary N) is 1. The number of hydrogen-bond acceptors (Lipinski definition) is 4. The van der Waals surface area contributed by atoms with E-state index in [0.29, 0.717) is 11.8 Å². The number of hydrogen-bond donors (Lipinski definition) is 2.